The summed E-state index contributed by atoms with van der Waals surface area (Å²) in [6, 6.07) is 19.2. The molecular formula is C16H15NS. The minimum atomic E-state index is 0.0933. The summed E-state index contributed by atoms with van der Waals surface area (Å²) in [5.74, 6) is 0. The van der Waals surface area contributed by atoms with Crippen molar-refractivity contribution >= 4 is 22.1 Å². The Kier molecular flexibility index (Phi) is 3.13. The second-order valence-corrected chi connectivity index (χ2v) is 5.44. The van der Waals surface area contributed by atoms with Crippen LogP contribution in [0.25, 0.3) is 10.8 Å². The Bertz CT molecular complexity index is 638. The van der Waals surface area contributed by atoms with Gasteiger partial charge in [0.25, 0.3) is 0 Å². The molecule has 0 aliphatic carbocycles. The zero-order valence-electron chi connectivity index (χ0n) is 10.0. The first-order valence-electron chi connectivity index (χ1n) is 6.10. The molecule has 1 atom stereocenters. The van der Waals surface area contributed by atoms with Crippen molar-refractivity contribution in [3.63, 3.8) is 0 Å². The Labute approximate surface area is 111 Å². The van der Waals surface area contributed by atoms with Gasteiger partial charge in [-0.05, 0) is 34.2 Å². The van der Waals surface area contributed by atoms with Crippen molar-refractivity contribution < 1.29 is 0 Å². The standard InChI is InChI=1S/C16H15NS/c17-15(16-9-4-10-18-16)11-13-7-3-6-12-5-1-2-8-14(12)13/h1-10,15H,11,17H2. The van der Waals surface area contributed by atoms with Crippen molar-refractivity contribution in [2.24, 2.45) is 5.73 Å². The number of hydrogen-bond donors (Lipinski definition) is 1. The maximum absolute atomic E-state index is 6.27. The molecule has 0 aliphatic heterocycles. The molecule has 0 saturated carbocycles. The van der Waals surface area contributed by atoms with Gasteiger partial charge in [0.15, 0.2) is 0 Å². The molecule has 0 radical (unpaired) electrons. The highest BCUT2D eigenvalue weighted by Crippen LogP contribution is 2.25. The molecule has 3 aromatic rings. The maximum Gasteiger partial charge on any atom is 0.0430 e. The fourth-order valence-electron chi connectivity index (χ4n) is 2.31. The number of fused-ring (bicyclic) bond motifs is 1. The van der Waals surface area contributed by atoms with Crippen molar-refractivity contribution in [2.45, 2.75) is 12.5 Å². The molecule has 90 valence electrons. The Morgan fingerprint density at radius 3 is 2.61 bits per heavy atom. The maximum atomic E-state index is 6.27. The first-order valence-corrected chi connectivity index (χ1v) is 6.98. The van der Waals surface area contributed by atoms with Crippen LogP contribution in [-0.2, 0) is 6.42 Å². The number of benzene rings is 2. The minimum Gasteiger partial charge on any atom is -0.323 e. The van der Waals surface area contributed by atoms with Crippen molar-refractivity contribution in [1.82, 2.24) is 0 Å². The third kappa shape index (κ3) is 2.17. The number of rotatable bonds is 3. The quantitative estimate of drug-likeness (QED) is 0.745. The SMILES string of the molecule is NC(Cc1cccc2ccccc12)c1cccs1. The van der Waals surface area contributed by atoms with Gasteiger partial charge in [-0.3, -0.25) is 0 Å². The molecule has 0 spiro atoms. The van der Waals surface area contributed by atoms with Crippen molar-refractivity contribution in [2.75, 3.05) is 0 Å². The molecule has 2 heteroatoms. The summed E-state index contributed by atoms with van der Waals surface area (Å²) < 4.78 is 0. The van der Waals surface area contributed by atoms with E-state index in [1.54, 1.807) is 11.3 Å². The molecular weight excluding hydrogens is 238 g/mol. The molecule has 1 unspecified atom stereocenters. The van der Waals surface area contributed by atoms with Gasteiger partial charge in [-0.25, -0.2) is 0 Å². The van der Waals surface area contributed by atoms with Gasteiger partial charge < -0.3 is 5.73 Å². The van der Waals surface area contributed by atoms with Crippen LogP contribution in [0.3, 0.4) is 0 Å². The smallest absolute Gasteiger partial charge is 0.0430 e. The van der Waals surface area contributed by atoms with E-state index >= 15 is 0 Å². The highest BCUT2D eigenvalue weighted by molar-refractivity contribution is 7.10. The largest absolute Gasteiger partial charge is 0.323 e. The fourth-order valence-corrected chi connectivity index (χ4v) is 3.04. The monoisotopic (exact) mass is 253 g/mol. The zero-order valence-corrected chi connectivity index (χ0v) is 10.9. The molecule has 18 heavy (non-hydrogen) atoms. The third-order valence-corrected chi connectivity index (χ3v) is 4.23. The fraction of sp³-hybridized carbons (Fsp3) is 0.125. The summed E-state index contributed by atoms with van der Waals surface area (Å²) in [6.45, 7) is 0. The Hall–Kier alpha value is -1.64. The lowest BCUT2D eigenvalue weighted by Crippen LogP contribution is -2.11. The van der Waals surface area contributed by atoms with Crippen LogP contribution in [-0.4, -0.2) is 0 Å². The van der Waals surface area contributed by atoms with Crippen LogP contribution in [0.15, 0.2) is 60.0 Å². The van der Waals surface area contributed by atoms with E-state index in [9.17, 15) is 0 Å². The second kappa shape index (κ2) is 4.92. The van der Waals surface area contributed by atoms with Gasteiger partial charge in [-0.1, -0.05) is 48.5 Å². The molecule has 2 N–H and O–H groups in total. The molecule has 2 aromatic carbocycles. The molecule has 1 nitrogen and oxygen atoms in total. The van der Waals surface area contributed by atoms with Gasteiger partial charge in [0, 0.05) is 10.9 Å². The Balaban J connectivity index is 1.95. The highest BCUT2D eigenvalue weighted by Gasteiger charge is 2.09. The van der Waals surface area contributed by atoms with Gasteiger partial charge in [0.05, 0.1) is 0 Å². The summed E-state index contributed by atoms with van der Waals surface area (Å²) in [7, 11) is 0. The first-order chi connectivity index (χ1) is 8.84. The summed E-state index contributed by atoms with van der Waals surface area (Å²) in [5.41, 5.74) is 7.60. The van der Waals surface area contributed by atoms with Gasteiger partial charge in [0.1, 0.15) is 0 Å². The van der Waals surface area contributed by atoms with E-state index in [4.69, 9.17) is 5.73 Å². The van der Waals surface area contributed by atoms with Crippen molar-refractivity contribution in [1.29, 1.82) is 0 Å². The summed E-state index contributed by atoms with van der Waals surface area (Å²) in [5, 5.41) is 4.68. The Morgan fingerprint density at radius 2 is 1.78 bits per heavy atom. The van der Waals surface area contributed by atoms with E-state index in [2.05, 4.69) is 60.0 Å². The van der Waals surface area contributed by atoms with Crippen LogP contribution in [0.1, 0.15) is 16.5 Å². The Morgan fingerprint density at radius 1 is 0.944 bits per heavy atom. The molecule has 0 fully saturated rings. The highest BCUT2D eigenvalue weighted by atomic mass is 32.1. The van der Waals surface area contributed by atoms with E-state index in [0.29, 0.717) is 0 Å². The second-order valence-electron chi connectivity index (χ2n) is 4.46. The predicted octanol–water partition coefficient (Wildman–Crippen LogP) is 4.14. The topological polar surface area (TPSA) is 26.0 Å². The third-order valence-electron chi connectivity index (χ3n) is 3.23. The van der Waals surface area contributed by atoms with E-state index in [1.807, 2.05) is 0 Å². The van der Waals surface area contributed by atoms with Crippen LogP contribution >= 0.6 is 11.3 Å². The molecule has 0 saturated heterocycles. The van der Waals surface area contributed by atoms with Gasteiger partial charge in [-0.15, -0.1) is 11.3 Å². The summed E-state index contributed by atoms with van der Waals surface area (Å²) in [4.78, 5) is 1.25. The van der Waals surface area contributed by atoms with E-state index < -0.39 is 0 Å². The van der Waals surface area contributed by atoms with Crippen LogP contribution in [0.5, 0.6) is 0 Å². The van der Waals surface area contributed by atoms with Crippen LogP contribution in [0, 0.1) is 0 Å². The van der Waals surface area contributed by atoms with E-state index in [1.165, 1.54) is 21.2 Å². The lowest BCUT2D eigenvalue weighted by atomic mass is 9.98. The lowest BCUT2D eigenvalue weighted by molar-refractivity contribution is 0.740. The molecule has 1 heterocycles. The van der Waals surface area contributed by atoms with Gasteiger partial charge >= 0.3 is 0 Å². The van der Waals surface area contributed by atoms with Crippen molar-refractivity contribution in [3.8, 4) is 0 Å². The lowest BCUT2D eigenvalue weighted by Gasteiger charge is -2.12. The van der Waals surface area contributed by atoms with Crippen LogP contribution < -0.4 is 5.73 Å². The van der Waals surface area contributed by atoms with E-state index in [0.717, 1.165) is 6.42 Å². The molecule has 0 aliphatic rings. The number of hydrogen-bond acceptors (Lipinski definition) is 2. The van der Waals surface area contributed by atoms with Gasteiger partial charge in [-0.2, -0.15) is 0 Å². The molecule has 3 rings (SSSR count). The molecule has 0 bridgehead atoms. The number of thiophene rings is 1. The number of nitrogens with two attached hydrogens (primary N) is 1. The van der Waals surface area contributed by atoms with Crippen LogP contribution in [0.2, 0.25) is 0 Å². The summed E-state index contributed by atoms with van der Waals surface area (Å²) in [6.07, 6.45) is 0.891. The summed E-state index contributed by atoms with van der Waals surface area (Å²) >= 11 is 1.73. The first kappa shape index (κ1) is 11.5. The predicted molar refractivity (Wildman–Crippen MR) is 78.9 cm³/mol. The van der Waals surface area contributed by atoms with E-state index in [-0.39, 0.29) is 6.04 Å². The normalized spacial score (nSPS) is 12.7. The molecule has 0 amide bonds. The minimum absolute atomic E-state index is 0.0933. The molecule has 1 aromatic heterocycles. The zero-order chi connectivity index (χ0) is 12.4. The average Bonchev–Trinajstić information content (AvgIpc) is 2.93. The van der Waals surface area contributed by atoms with Gasteiger partial charge in [0.2, 0.25) is 0 Å². The average molecular weight is 253 g/mol. The van der Waals surface area contributed by atoms with Crippen molar-refractivity contribution in [3.05, 3.63) is 70.4 Å². The van der Waals surface area contributed by atoms with Crippen LogP contribution in [0.4, 0.5) is 0 Å².